The number of rotatable bonds is 2. The first-order valence-electron chi connectivity index (χ1n) is 7.51. The third-order valence-corrected chi connectivity index (χ3v) is 4.66. The summed E-state index contributed by atoms with van der Waals surface area (Å²) in [6.07, 6.45) is 2.75. The minimum atomic E-state index is 0.225. The van der Waals surface area contributed by atoms with Gasteiger partial charge in [-0.3, -0.25) is 4.79 Å². The van der Waals surface area contributed by atoms with Crippen LogP contribution in [-0.4, -0.2) is 25.0 Å². The van der Waals surface area contributed by atoms with E-state index in [1.165, 1.54) is 16.8 Å². The minimum absolute atomic E-state index is 0.225. The summed E-state index contributed by atoms with van der Waals surface area (Å²) in [5.74, 6) is 0.818. The van der Waals surface area contributed by atoms with Gasteiger partial charge in [-0.1, -0.05) is 12.1 Å². The Bertz CT molecular complexity index is 514. The fraction of sp³-hybridized carbons (Fsp3) is 0.562. The maximum Gasteiger partial charge on any atom is 0.220 e. The summed E-state index contributed by atoms with van der Waals surface area (Å²) in [5, 5.41) is 3.14. The van der Waals surface area contributed by atoms with Crippen molar-refractivity contribution in [1.29, 1.82) is 0 Å². The van der Waals surface area contributed by atoms with Crippen molar-refractivity contribution in [1.82, 2.24) is 5.32 Å². The number of benzene rings is 1. The Balaban J connectivity index is 1.74. The van der Waals surface area contributed by atoms with Crippen LogP contribution >= 0.6 is 0 Å². The molecule has 0 aliphatic carbocycles. The number of hydrogen-bond acceptors (Lipinski definition) is 3. The van der Waals surface area contributed by atoms with Crippen molar-refractivity contribution >= 4 is 11.6 Å². The van der Waals surface area contributed by atoms with E-state index < -0.39 is 0 Å². The molecule has 108 valence electrons. The highest BCUT2D eigenvalue weighted by Gasteiger charge is 2.33. The van der Waals surface area contributed by atoms with Gasteiger partial charge in [-0.25, -0.2) is 0 Å². The van der Waals surface area contributed by atoms with Crippen LogP contribution in [0.2, 0.25) is 0 Å². The van der Waals surface area contributed by atoms with Gasteiger partial charge in [0.1, 0.15) is 0 Å². The first kappa shape index (κ1) is 13.4. The maximum absolute atomic E-state index is 11.5. The van der Waals surface area contributed by atoms with Crippen molar-refractivity contribution in [2.45, 2.75) is 38.8 Å². The Labute approximate surface area is 120 Å². The lowest BCUT2D eigenvalue weighted by Crippen LogP contribution is -2.54. The van der Waals surface area contributed by atoms with Gasteiger partial charge in [0.05, 0.1) is 0 Å². The molecular formula is C16H23N3O. The molecule has 1 aromatic carbocycles. The van der Waals surface area contributed by atoms with E-state index in [4.69, 9.17) is 5.73 Å². The quantitative estimate of drug-likeness (QED) is 0.859. The molecule has 20 heavy (non-hydrogen) atoms. The molecule has 2 heterocycles. The van der Waals surface area contributed by atoms with Crippen molar-refractivity contribution in [2.24, 2.45) is 11.7 Å². The highest BCUT2D eigenvalue weighted by molar-refractivity contribution is 5.77. The molecule has 2 unspecified atom stereocenters. The number of aryl methyl sites for hydroxylation is 1. The third kappa shape index (κ3) is 2.52. The molecule has 0 saturated carbocycles. The monoisotopic (exact) mass is 273 g/mol. The number of anilines is 1. The number of amides is 1. The number of carbonyl (C=O) groups excluding carboxylic acids is 1. The zero-order valence-electron chi connectivity index (χ0n) is 12.1. The summed E-state index contributed by atoms with van der Waals surface area (Å²) in [4.78, 5) is 13.9. The molecule has 4 heteroatoms. The zero-order chi connectivity index (χ0) is 14.1. The second-order valence-corrected chi connectivity index (χ2v) is 6.03. The number of fused-ring (bicyclic) bond motifs is 1. The number of nitrogens with zero attached hydrogens (tertiary/aromatic N) is 1. The van der Waals surface area contributed by atoms with Crippen molar-refractivity contribution < 1.29 is 4.79 Å². The first-order chi connectivity index (χ1) is 9.67. The molecule has 0 bridgehead atoms. The first-order valence-corrected chi connectivity index (χ1v) is 7.51. The second kappa shape index (κ2) is 5.44. The number of nitrogens with two attached hydrogens (primary N) is 1. The van der Waals surface area contributed by atoms with Crippen LogP contribution in [0.1, 0.15) is 30.4 Å². The Morgan fingerprint density at radius 1 is 1.40 bits per heavy atom. The molecule has 3 rings (SSSR count). The molecule has 0 spiro atoms. The summed E-state index contributed by atoms with van der Waals surface area (Å²) in [5.41, 5.74) is 9.49. The van der Waals surface area contributed by atoms with E-state index in [1.807, 2.05) is 0 Å². The Kier molecular flexibility index (Phi) is 3.66. The largest absolute Gasteiger partial charge is 0.371 e. The summed E-state index contributed by atoms with van der Waals surface area (Å²) in [7, 11) is 0. The maximum atomic E-state index is 11.5. The average Bonchev–Trinajstić information content (AvgIpc) is 2.46. The van der Waals surface area contributed by atoms with E-state index in [1.54, 1.807) is 0 Å². The van der Waals surface area contributed by atoms with Crippen LogP contribution in [0, 0.1) is 12.8 Å². The SMILES string of the molecule is Cc1cc(CN)ccc1N1CCC2NC(=O)CCC2C1. The lowest BCUT2D eigenvalue weighted by atomic mass is 9.85. The summed E-state index contributed by atoms with van der Waals surface area (Å²) >= 11 is 0. The van der Waals surface area contributed by atoms with Gasteiger partial charge < -0.3 is 16.0 Å². The molecule has 0 aromatic heterocycles. The predicted octanol–water partition coefficient (Wildman–Crippen LogP) is 1.56. The van der Waals surface area contributed by atoms with Crippen LogP contribution in [0.25, 0.3) is 0 Å². The third-order valence-electron chi connectivity index (χ3n) is 4.66. The molecular weight excluding hydrogens is 250 g/mol. The van der Waals surface area contributed by atoms with Crippen molar-refractivity contribution in [3.8, 4) is 0 Å². The van der Waals surface area contributed by atoms with Gasteiger partial charge in [-0.2, -0.15) is 0 Å². The van der Waals surface area contributed by atoms with Crippen LogP contribution in [0.5, 0.6) is 0 Å². The Hall–Kier alpha value is -1.55. The van der Waals surface area contributed by atoms with E-state index in [2.05, 4.69) is 35.3 Å². The molecule has 3 N–H and O–H groups in total. The number of piperidine rings is 2. The average molecular weight is 273 g/mol. The molecule has 2 aliphatic heterocycles. The van der Waals surface area contributed by atoms with Gasteiger partial charge in [-0.05, 0) is 42.9 Å². The second-order valence-electron chi connectivity index (χ2n) is 6.03. The van der Waals surface area contributed by atoms with Gasteiger partial charge in [-0.15, -0.1) is 0 Å². The molecule has 2 aliphatic rings. The Morgan fingerprint density at radius 3 is 3.00 bits per heavy atom. The van der Waals surface area contributed by atoms with Gasteiger partial charge in [0.25, 0.3) is 0 Å². The molecule has 4 nitrogen and oxygen atoms in total. The highest BCUT2D eigenvalue weighted by atomic mass is 16.1. The summed E-state index contributed by atoms with van der Waals surface area (Å²) in [6.45, 7) is 4.82. The van der Waals surface area contributed by atoms with Crippen molar-refractivity contribution in [3.05, 3.63) is 29.3 Å². The van der Waals surface area contributed by atoms with Crippen LogP contribution in [0.15, 0.2) is 18.2 Å². The minimum Gasteiger partial charge on any atom is -0.371 e. The molecule has 2 saturated heterocycles. The molecule has 2 atom stereocenters. The topological polar surface area (TPSA) is 58.4 Å². The van der Waals surface area contributed by atoms with E-state index in [0.29, 0.717) is 24.9 Å². The normalized spacial score (nSPS) is 26.1. The standard InChI is InChI=1S/C16H23N3O/c1-11-8-12(9-17)2-4-15(11)19-7-6-14-13(10-19)3-5-16(20)18-14/h2,4,8,13-14H,3,5-7,9-10,17H2,1H3,(H,18,20). The van der Waals surface area contributed by atoms with E-state index >= 15 is 0 Å². The number of hydrogen-bond donors (Lipinski definition) is 2. The summed E-state index contributed by atoms with van der Waals surface area (Å²) < 4.78 is 0. The van der Waals surface area contributed by atoms with E-state index in [9.17, 15) is 4.79 Å². The predicted molar refractivity (Wildman–Crippen MR) is 80.6 cm³/mol. The van der Waals surface area contributed by atoms with Crippen LogP contribution in [-0.2, 0) is 11.3 Å². The van der Waals surface area contributed by atoms with Crippen molar-refractivity contribution in [3.63, 3.8) is 0 Å². The zero-order valence-corrected chi connectivity index (χ0v) is 12.1. The van der Waals surface area contributed by atoms with Crippen LogP contribution in [0.3, 0.4) is 0 Å². The molecule has 0 radical (unpaired) electrons. The van der Waals surface area contributed by atoms with Crippen molar-refractivity contribution in [2.75, 3.05) is 18.0 Å². The lowest BCUT2D eigenvalue weighted by molar-refractivity contribution is -0.124. The molecule has 1 aromatic rings. The Morgan fingerprint density at radius 2 is 2.25 bits per heavy atom. The fourth-order valence-corrected chi connectivity index (χ4v) is 3.53. The van der Waals surface area contributed by atoms with Gasteiger partial charge in [0.2, 0.25) is 5.91 Å². The van der Waals surface area contributed by atoms with Gasteiger partial charge >= 0.3 is 0 Å². The van der Waals surface area contributed by atoms with Gasteiger partial charge in [0, 0.05) is 37.8 Å². The lowest BCUT2D eigenvalue weighted by Gasteiger charge is -2.42. The molecule has 1 amide bonds. The fourth-order valence-electron chi connectivity index (χ4n) is 3.53. The number of nitrogens with one attached hydrogen (secondary N) is 1. The van der Waals surface area contributed by atoms with E-state index in [-0.39, 0.29) is 5.91 Å². The smallest absolute Gasteiger partial charge is 0.220 e. The van der Waals surface area contributed by atoms with Crippen LogP contribution < -0.4 is 16.0 Å². The highest BCUT2D eigenvalue weighted by Crippen LogP contribution is 2.30. The van der Waals surface area contributed by atoms with E-state index in [0.717, 1.165) is 25.9 Å². The number of carbonyl (C=O) groups is 1. The van der Waals surface area contributed by atoms with Gasteiger partial charge in [0.15, 0.2) is 0 Å². The summed E-state index contributed by atoms with van der Waals surface area (Å²) in [6, 6.07) is 6.89. The van der Waals surface area contributed by atoms with Crippen LogP contribution in [0.4, 0.5) is 5.69 Å². The molecule has 2 fully saturated rings.